The summed E-state index contributed by atoms with van der Waals surface area (Å²) in [4.78, 5) is 11.3. The van der Waals surface area contributed by atoms with Gasteiger partial charge in [-0.05, 0) is 38.5 Å². The number of hydrogen-bond donors (Lipinski definition) is 1. The number of rotatable bonds is 4. The van der Waals surface area contributed by atoms with Gasteiger partial charge in [0, 0.05) is 11.5 Å². The first kappa shape index (κ1) is 19.3. The van der Waals surface area contributed by atoms with Gasteiger partial charge in [0.2, 0.25) is 5.95 Å². The van der Waals surface area contributed by atoms with E-state index in [0.717, 1.165) is 10.7 Å². The molecule has 0 aliphatic rings. The Morgan fingerprint density at radius 1 is 1.36 bits per heavy atom. The number of benzene rings is 1. The lowest BCUT2D eigenvalue weighted by Crippen LogP contribution is -2.20. The summed E-state index contributed by atoms with van der Waals surface area (Å²) in [6.45, 7) is 1.21. The average Bonchev–Trinajstić information content (AvgIpc) is 2.90. The number of sulfone groups is 1. The number of aryl methyl sites for hydroxylation is 1. The number of nitrogens with one attached hydrogen (secondary N) is 1. The zero-order valence-electron chi connectivity index (χ0n) is 12.8. The molecule has 13 heteroatoms. The zero-order chi connectivity index (χ0) is 19.0. The van der Waals surface area contributed by atoms with Crippen LogP contribution in [0, 0.1) is 0 Å². The van der Waals surface area contributed by atoms with E-state index in [1.165, 1.54) is 14.0 Å². The fourth-order valence-corrected chi connectivity index (χ4v) is 4.36. The maximum Gasteiger partial charge on any atom is 0.417 e. The minimum atomic E-state index is -4.90. The minimum absolute atomic E-state index is 0.0586. The smallest absolute Gasteiger partial charge is 0.289 e. The van der Waals surface area contributed by atoms with Crippen molar-refractivity contribution in [1.29, 1.82) is 0 Å². The SMILES string of the molecule is CCS(=O)(=O)c1c(C(F)(F)F)ccc(C(=O)Nc2nnnn2C)c1Br. The summed E-state index contributed by atoms with van der Waals surface area (Å²) in [7, 11) is -2.83. The highest BCUT2D eigenvalue weighted by molar-refractivity contribution is 9.10. The second-order valence-corrected chi connectivity index (χ2v) is 7.79. The van der Waals surface area contributed by atoms with Gasteiger partial charge in [-0.15, -0.1) is 0 Å². The third-order valence-electron chi connectivity index (χ3n) is 3.18. The van der Waals surface area contributed by atoms with Crippen molar-refractivity contribution in [3.05, 3.63) is 27.7 Å². The van der Waals surface area contributed by atoms with E-state index in [0.29, 0.717) is 6.07 Å². The van der Waals surface area contributed by atoms with Gasteiger partial charge in [-0.3, -0.25) is 10.1 Å². The van der Waals surface area contributed by atoms with E-state index in [1.54, 1.807) is 0 Å². The second-order valence-electron chi connectivity index (χ2n) is 4.79. The summed E-state index contributed by atoms with van der Waals surface area (Å²) in [5.41, 5.74) is -1.65. The number of hydrogen-bond acceptors (Lipinski definition) is 6. The molecule has 25 heavy (non-hydrogen) atoms. The van der Waals surface area contributed by atoms with Crippen molar-refractivity contribution in [2.24, 2.45) is 7.05 Å². The third-order valence-corrected chi connectivity index (χ3v) is 6.08. The van der Waals surface area contributed by atoms with Crippen molar-refractivity contribution >= 4 is 37.6 Å². The molecule has 0 aliphatic carbocycles. The van der Waals surface area contributed by atoms with Crippen molar-refractivity contribution < 1.29 is 26.4 Å². The Bertz CT molecular complexity index is 927. The molecule has 1 amide bonds. The standard InChI is InChI=1S/C12H11BrF3N5O3S/c1-3-25(23,24)9-7(12(14,15)16)5-4-6(8(9)13)10(22)17-11-18-19-20-21(11)2/h4-5H,3H2,1-2H3,(H,17,18,20,22). The van der Waals surface area contributed by atoms with Crippen LogP contribution in [0.25, 0.3) is 0 Å². The molecule has 0 aliphatic heterocycles. The van der Waals surface area contributed by atoms with Crippen LogP contribution in [-0.4, -0.2) is 40.3 Å². The maximum absolute atomic E-state index is 13.2. The molecule has 0 atom stereocenters. The predicted octanol–water partition coefficient (Wildman–Crippen LogP) is 2.04. The second kappa shape index (κ2) is 6.71. The van der Waals surface area contributed by atoms with E-state index in [4.69, 9.17) is 0 Å². The lowest BCUT2D eigenvalue weighted by atomic mass is 10.1. The van der Waals surface area contributed by atoms with E-state index in [1.807, 2.05) is 0 Å². The van der Waals surface area contributed by atoms with E-state index in [-0.39, 0.29) is 11.5 Å². The van der Waals surface area contributed by atoms with Gasteiger partial charge in [-0.25, -0.2) is 13.1 Å². The summed E-state index contributed by atoms with van der Waals surface area (Å²) in [5.74, 6) is -1.49. The van der Waals surface area contributed by atoms with Crippen LogP contribution in [0.15, 0.2) is 21.5 Å². The summed E-state index contributed by atoms with van der Waals surface area (Å²) in [5, 5.41) is 12.6. The largest absolute Gasteiger partial charge is 0.417 e. The number of carbonyl (C=O) groups excluding carboxylic acids is 1. The Balaban J connectivity index is 2.60. The Kier molecular flexibility index (Phi) is 5.18. The van der Waals surface area contributed by atoms with Gasteiger partial charge in [0.05, 0.1) is 21.8 Å². The van der Waals surface area contributed by atoms with Crippen LogP contribution in [0.4, 0.5) is 19.1 Å². The lowest BCUT2D eigenvalue weighted by molar-refractivity contribution is -0.140. The number of tetrazole rings is 1. The fraction of sp³-hybridized carbons (Fsp3) is 0.333. The summed E-state index contributed by atoms with van der Waals surface area (Å²) in [6, 6.07) is 1.43. The molecule has 136 valence electrons. The Labute approximate surface area is 148 Å². The molecule has 0 unspecified atom stereocenters. The van der Waals surface area contributed by atoms with Crippen molar-refractivity contribution in [2.75, 3.05) is 11.1 Å². The quantitative estimate of drug-likeness (QED) is 0.777. The molecule has 1 heterocycles. The number of amides is 1. The molecule has 8 nitrogen and oxygen atoms in total. The van der Waals surface area contributed by atoms with Gasteiger partial charge in [0.15, 0.2) is 9.84 Å². The van der Waals surface area contributed by atoms with Crippen molar-refractivity contribution in [1.82, 2.24) is 20.2 Å². The molecule has 1 aromatic carbocycles. The van der Waals surface area contributed by atoms with Crippen LogP contribution in [0.3, 0.4) is 0 Å². The van der Waals surface area contributed by atoms with E-state index >= 15 is 0 Å². The van der Waals surface area contributed by atoms with Crippen LogP contribution in [0.1, 0.15) is 22.8 Å². The molecule has 1 N–H and O–H groups in total. The number of anilines is 1. The molecule has 1 aromatic heterocycles. The molecule has 0 spiro atoms. The Hall–Kier alpha value is -2.02. The Morgan fingerprint density at radius 2 is 2.00 bits per heavy atom. The predicted molar refractivity (Wildman–Crippen MR) is 83.6 cm³/mol. The zero-order valence-corrected chi connectivity index (χ0v) is 15.2. The molecule has 0 fully saturated rings. The fourth-order valence-electron chi connectivity index (χ4n) is 1.91. The van der Waals surface area contributed by atoms with Crippen LogP contribution in [-0.2, 0) is 23.1 Å². The first-order chi connectivity index (χ1) is 11.5. The molecule has 2 rings (SSSR count). The van der Waals surface area contributed by atoms with Gasteiger partial charge in [0.25, 0.3) is 5.91 Å². The number of halogens is 4. The van der Waals surface area contributed by atoms with Gasteiger partial charge < -0.3 is 0 Å². The number of carbonyl (C=O) groups is 1. The summed E-state index contributed by atoms with van der Waals surface area (Å²) < 4.78 is 64.4. The van der Waals surface area contributed by atoms with E-state index < -0.39 is 42.6 Å². The third kappa shape index (κ3) is 3.81. The van der Waals surface area contributed by atoms with Crippen LogP contribution in [0.5, 0.6) is 0 Å². The number of nitrogens with zero attached hydrogens (tertiary/aromatic N) is 4. The van der Waals surface area contributed by atoms with Crippen LogP contribution >= 0.6 is 15.9 Å². The molecule has 2 aromatic rings. The molecule has 0 saturated heterocycles. The molecule has 0 saturated carbocycles. The first-order valence-electron chi connectivity index (χ1n) is 6.65. The van der Waals surface area contributed by atoms with E-state index in [2.05, 4.69) is 36.8 Å². The summed E-state index contributed by atoms with van der Waals surface area (Å²) in [6.07, 6.45) is -4.90. The summed E-state index contributed by atoms with van der Waals surface area (Å²) >= 11 is 2.83. The maximum atomic E-state index is 13.2. The van der Waals surface area contributed by atoms with Gasteiger partial charge in [-0.1, -0.05) is 12.0 Å². The van der Waals surface area contributed by atoms with Crippen molar-refractivity contribution in [2.45, 2.75) is 18.0 Å². The number of alkyl halides is 3. The Morgan fingerprint density at radius 3 is 2.48 bits per heavy atom. The molecular weight excluding hydrogens is 431 g/mol. The van der Waals surface area contributed by atoms with Gasteiger partial charge >= 0.3 is 6.18 Å². The van der Waals surface area contributed by atoms with Crippen LogP contribution < -0.4 is 5.32 Å². The van der Waals surface area contributed by atoms with Gasteiger partial charge in [0.1, 0.15) is 0 Å². The highest BCUT2D eigenvalue weighted by atomic mass is 79.9. The molecule has 0 radical (unpaired) electrons. The van der Waals surface area contributed by atoms with E-state index in [9.17, 15) is 26.4 Å². The highest BCUT2D eigenvalue weighted by Gasteiger charge is 2.39. The monoisotopic (exact) mass is 441 g/mol. The lowest BCUT2D eigenvalue weighted by Gasteiger charge is -2.16. The highest BCUT2D eigenvalue weighted by Crippen LogP contribution is 2.39. The molecular formula is C12H11BrF3N5O3S. The van der Waals surface area contributed by atoms with Crippen LogP contribution in [0.2, 0.25) is 0 Å². The molecule has 0 bridgehead atoms. The topological polar surface area (TPSA) is 107 Å². The minimum Gasteiger partial charge on any atom is -0.289 e. The van der Waals surface area contributed by atoms with Crippen molar-refractivity contribution in [3.63, 3.8) is 0 Å². The first-order valence-corrected chi connectivity index (χ1v) is 9.09. The van der Waals surface area contributed by atoms with Crippen molar-refractivity contribution in [3.8, 4) is 0 Å². The average molecular weight is 442 g/mol. The normalized spacial score (nSPS) is 12.2. The van der Waals surface area contributed by atoms with Gasteiger partial charge in [-0.2, -0.15) is 13.2 Å². The number of aromatic nitrogens is 4.